The fourth-order valence-corrected chi connectivity index (χ4v) is 4.10. The van der Waals surface area contributed by atoms with Crippen LogP contribution >= 0.6 is 11.6 Å². The summed E-state index contributed by atoms with van der Waals surface area (Å²) in [5.41, 5.74) is 3.06. The second-order valence-corrected chi connectivity index (χ2v) is 7.00. The molecule has 1 N–H and O–H groups in total. The van der Waals surface area contributed by atoms with Gasteiger partial charge >= 0.3 is 0 Å². The highest BCUT2D eigenvalue weighted by Gasteiger charge is 2.37. The first-order valence-corrected chi connectivity index (χ1v) is 8.07. The molecule has 1 spiro atoms. The summed E-state index contributed by atoms with van der Waals surface area (Å²) < 4.78 is 0. The Balaban J connectivity index is 1.58. The Kier molecular flexibility index (Phi) is 3.75. The molecule has 2 aliphatic carbocycles. The van der Waals surface area contributed by atoms with Crippen molar-refractivity contribution in [1.82, 2.24) is 0 Å². The van der Waals surface area contributed by atoms with Crippen molar-refractivity contribution in [3.8, 4) is 0 Å². The van der Waals surface area contributed by atoms with Gasteiger partial charge in [-0.15, -0.1) is 0 Å². The summed E-state index contributed by atoms with van der Waals surface area (Å²) in [6.45, 7) is 2.05. The van der Waals surface area contributed by atoms with Crippen molar-refractivity contribution in [2.45, 2.75) is 64.3 Å². The van der Waals surface area contributed by atoms with Crippen molar-refractivity contribution in [2.24, 2.45) is 5.41 Å². The Morgan fingerprint density at radius 1 is 1.11 bits per heavy atom. The molecule has 0 atom stereocenters. The standard InChI is InChI=1S/C17H24ClN/c1-13-4-5-15(12-16(13)18)19-14-6-10-17(11-7-14)8-2-3-9-17/h4-5,12,14,19H,2-3,6-11H2,1H3. The largest absolute Gasteiger partial charge is 0.382 e. The number of aryl methyl sites for hydroxylation is 1. The molecule has 0 amide bonds. The molecule has 0 bridgehead atoms. The van der Waals surface area contributed by atoms with Gasteiger partial charge in [0.2, 0.25) is 0 Å². The van der Waals surface area contributed by atoms with Crippen LogP contribution in [0.2, 0.25) is 5.02 Å². The number of benzene rings is 1. The van der Waals surface area contributed by atoms with Crippen molar-refractivity contribution in [3.63, 3.8) is 0 Å². The molecule has 1 nitrogen and oxygen atoms in total. The Morgan fingerprint density at radius 2 is 1.79 bits per heavy atom. The van der Waals surface area contributed by atoms with Gasteiger partial charge in [0.05, 0.1) is 0 Å². The van der Waals surface area contributed by atoms with Gasteiger partial charge in [-0.05, 0) is 68.6 Å². The van der Waals surface area contributed by atoms with E-state index in [4.69, 9.17) is 11.6 Å². The molecule has 0 saturated heterocycles. The monoisotopic (exact) mass is 277 g/mol. The van der Waals surface area contributed by atoms with Crippen LogP contribution in [0, 0.1) is 12.3 Å². The van der Waals surface area contributed by atoms with Gasteiger partial charge in [0, 0.05) is 16.8 Å². The van der Waals surface area contributed by atoms with Crippen molar-refractivity contribution < 1.29 is 0 Å². The van der Waals surface area contributed by atoms with Gasteiger partial charge in [-0.2, -0.15) is 0 Å². The van der Waals surface area contributed by atoms with E-state index in [2.05, 4.69) is 30.4 Å². The molecule has 104 valence electrons. The summed E-state index contributed by atoms with van der Waals surface area (Å²) in [4.78, 5) is 0. The molecule has 2 saturated carbocycles. The topological polar surface area (TPSA) is 12.0 Å². The lowest BCUT2D eigenvalue weighted by Gasteiger charge is -2.37. The lowest BCUT2D eigenvalue weighted by atomic mass is 9.71. The van der Waals surface area contributed by atoms with Gasteiger partial charge in [-0.1, -0.05) is 30.5 Å². The third kappa shape index (κ3) is 2.91. The smallest absolute Gasteiger partial charge is 0.0455 e. The van der Waals surface area contributed by atoms with Crippen LogP contribution in [0.3, 0.4) is 0 Å². The fraction of sp³-hybridized carbons (Fsp3) is 0.647. The van der Waals surface area contributed by atoms with Crippen LogP contribution in [0.1, 0.15) is 56.9 Å². The lowest BCUT2D eigenvalue weighted by molar-refractivity contribution is 0.188. The maximum atomic E-state index is 6.19. The molecular formula is C17H24ClN. The summed E-state index contributed by atoms with van der Waals surface area (Å²) in [7, 11) is 0. The zero-order valence-electron chi connectivity index (χ0n) is 11.8. The van der Waals surface area contributed by atoms with Crippen LogP contribution in [0.4, 0.5) is 5.69 Å². The van der Waals surface area contributed by atoms with Gasteiger partial charge in [-0.3, -0.25) is 0 Å². The van der Waals surface area contributed by atoms with E-state index < -0.39 is 0 Å². The van der Waals surface area contributed by atoms with Gasteiger partial charge < -0.3 is 5.32 Å². The van der Waals surface area contributed by atoms with Crippen LogP contribution in [-0.2, 0) is 0 Å². The first-order valence-electron chi connectivity index (χ1n) is 7.70. The highest BCUT2D eigenvalue weighted by molar-refractivity contribution is 6.31. The minimum Gasteiger partial charge on any atom is -0.382 e. The third-order valence-electron chi connectivity index (χ3n) is 5.25. The second-order valence-electron chi connectivity index (χ2n) is 6.59. The molecular weight excluding hydrogens is 254 g/mol. The van der Waals surface area contributed by atoms with Gasteiger partial charge in [-0.25, -0.2) is 0 Å². The molecule has 0 unspecified atom stereocenters. The summed E-state index contributed by atoms with van der Waals surface area (Å²) in [5.74, 6) is 0. The Bertz CT molecular complexity index is 439. The average molecular weight is 278 g/mol. The predicted octanol–water partition coefficient (Wildman–Crippen LogP) is 5.56. The van der Waals surface area contributed by atoms with Gasteiger partial charge in [0.1, 0.15) is 0 Å². The summed E-state index contributed by atoms with van der Waals surface area (Å²) in [6, 6.07) is 6.97. The molecule has 0 radical (unpaired) electrons. The third-order valence-corrected chi connectivity index (χ3v) is 5.66. The Morgan fingerprint density at radius 3 is 2.42 bits per heavy atom. The van der Waals surface area contributed by atoms with E-state index in [0.717, 1.165) is 16.0 Å². The van der Waals surface area contributed by atoms with Crippen LogP contribution in [0.15, 0.2) is 18.2 Å². The van der Waals surface area contributed by atoms with Gasteiger partial charge in [0.25, 0.3) is 0 Å². The fourth-order valence-electron chi connectivity index (χ4n) is 3.92. The minimum atomic E-state index is 0.644. The number of nitrogens with one attached hydrogen (secondary N) is 1. The molecule has 19 heavy (non-hydrogen) atoms. The van der Waals surface area contributed by atoms with E-state index in [0.29, 0.717) is 6.04 Å². The molecule has 0 heterocycles. The number of hydrogen-bond acceptors (Lipinski definition) is 1. The van der Waals surface area contributed by atoms with E-state index in [1.165, 1.54) is 57.1 Å². The quantitative estimate of drug-likeness (QED) is 0.746. The summed E-state index contributed by atoms with van der Waals surface area (Å²) >= 11 is 6.19. The first-order chi connectivity index (χ1) is 9.17. The van der Waals surface area contributed by atoms with E-state index in [1.807, 2.05) is 0 Å². The molecule has 2 aliphatic rings. The maximum Gasteiger partial charge on any atom is 0.0455 e. The molecule has 2 heteroatoms. The Hall–Kier alpha value is -0.690. The van der Waals surface area contributed by atoms with E-state index in [9.17, 15) is 0 Å². The molecule has 3 rings (SSSR count). The van der Waals surface area contributed by atoms with Crippen molar-refractivity contribution in [3.05, 3.63) is 28.8 Å². The molecule has 0 aromatic heterocycles. The molecule has 1 aromatic rings. The van der Waals surface area contributed by atoms with Crippen molar-refractivity contribution in [2.75, 3.05) is 5.32 Å². The van der Waals surface area contributed by atoms with Gasteiger partial charge in [0.15, 0.2) is 0 Å². The van der Waals surface area contributed by atoms with Crippen LogP contribution in [0.5, 0.6) is 0 Å². The zero-order valence-corrected chi connectivity index (χ0v) is 12.6. The van der Waals surface area contributed by atoms with E-state index >= 15 is 0 Å². The van der Waals surface area contributed by atoms with Crippen LogP contribution in [0.25, 0.3) is 0 Å². The molecule has 1 aromatic carbocycles. The second kappa shape index (κ2) is 5.36. The zero-order chi connectivity index (χ0) is 13.3. The summed E-state index contributed by atoms with van der Waals surface area (Å²) in [5, 5.41) is 4.54. The molecule has 0 aliphatic heterocycles. The number of rotatable bonds is 2. The minimum absolute atomic E-state index is 0.644. The summed E-state index contributed by atoms with van der Waals surface area (Å²) in [6.07, 6.45) is 11.4. The lowest BCUT2D eigenvalue weighted by Crippen LogP contribution is -2.31. The van der Waals surface area contributed by atoms with Crippen LogP contribution < -0.4 is 5.32 Å². The molecule has 2 fully saturated rings. The first kappa shape index (κ1) is 13.3. The highest BCUT2D eigenvalue weighted by Crippen LogP contribution is 2.49. The van der Waals surface area contributed by atoms with Crippen molar-refractivity contribution in [1.29, 1.82) is 0 Å². The van der Waals surface area contributed by atoms with E-state index in [1.54, 1.807) is 0 Å². The SMILES string of the molecule is Cc1ccc(NC2CCC3(CCCC3)CC2)cc1Cl. The highest BCUT2D eigenvalue weighted by atomic mass is 35.5. The predicted molar refractivity (Wildman–Crippen MR) is 83.0 cm³/mol. The maximum absolute atomic E-state index is 6.19. The Labute approximate surface area is 121 Å². The van der Waals surface area contributed by atoms with Crippen molar-refractivity contribution >= 4 is 17.3 Å². The number of hydrogen-bond donors (Lipinski definition) is 1. The van der Waals surface area contributed by atoms with Crippen LogP contribution in [-0.4, -0.2) is 6.04 Å². The normalized spacial score (nSPS) is 22.8. The van der Waals surface area contributed by atoms with E-state index in [-0.39, 0.29) is 0 Å². The average Bonchev–Trinajstić information content (AvgIpc) is 2.86. The number of anilines is 1. The number of halogens is 1.